The lowest BCUT2D eigenvalue weighted by Crippen LogP contribution is -2.50. The number of rotatable bonds is 5. The predicted molar refractivity (Wildman–Crippen MR) is 114 cm³/mol. The molecule has 3 fully saturated rings. The molecular formula is C25H43NO. The first-order valence-corrected chi connectivity index (χ1v) is 11.8. The molecule has 154 valence electrons. The summed E-state index contributed by atoms with van der Waals surface area (Å²) in [5, 5.41) is 0. The lowest BCUT2D eigenvalue weighted by molar-refractivity contribution is -0.0563. The van der Waals surface area contributed by atoms with Crippen molar-refractivity contribution in [2.75, 3.05) is 27.2 Å². The van der Waals surface area contributed by atoms with Gasteiger partial charge in [0.05, 0.1) is 6.10 Å². The molecule has 0 amide bonds. The first-order valence-electron chi connectivity index (χ1n) is 11.8. The molecule has 7 atom stereocenters. The Morgan fingerprint density at radius 2 is 1.85 bits per heavy atom. The van der Waals surface area contributed by atoms with Gasteiger partial charge in [0.1, 0.15) is 0 Å². The molecule has 3 saturated carbocycles. The quantitative estimate of drug-likeness (QED) is 0.438. The third-order valence-electron chi connectivity index (χ3n) is 9.63. The summed E-state index contributed by atoms with van der Waals surface area (Å²) in [6.45, 7) is 9.84. The highest BCUT2D eigenvalue weighted by Gasteiger charge is 2.57. The molecule has 4 rings (SSSR count). The Balaban J connectivity index is 1.43. The van der Waals surface area contributed by atoms with E-state index in [0.29, 0.717) is 16.9 Å². The largest absolute Gasteiger partial charge is 0.374 e. The first kappa shape index (κ1) is 20.0. The maximum absolute atomic E-state index is 6.26. The highest BCUT2D eigenvalue weighted by atomic mass is 16.5. The monoisotopic (exact) mass is 373 g/mol. The molecule has 27 heavy (non-hydrogen) atoms. The van der Waals surface area contributed by atoms with E-state index in [1.54, 1.807) is 5.57 Å². The van der Waals surface area contributed by atoms with Crippen molar-refractivity contribution in [3.05, 3.63) is 11.6 Å². The Labute approximate surface area is 168 Å². The number of hydrogen-bond acceptors (Lipinski definition) is 2. The minimum Gasteiger partial charge on any atom is -0.374 e. The van der Waals surface area contributed by atoms with Gasteiger partial charge in [-0.05, 0) is 113 Å². The van der Waals surface area contributed by atoms with Crippen LogP contribution in [0.4, 0.5) is 0 Å². The molecule has 0 saturated heterocycles. The number of ether oxygens (including phenoxy) is 1. The van der Waals surface area contributed by atoms with Crippen molar-refractivity contribution in [2.45, 2.75) is 84.7 Å². The van der Waals surface area contributed by atoms with E-state index in [9.17, 15) is 0 Å². The van der Waals surface area contributed by atoms with E-state index in [1.165, 1.54) is 51.4 Å². The van der Waals surface area contributed by atoms with Crippen molar-refractivity contribution in [3.63, 3.8) is 0 Å². The summed E-state index contributed by atoms with van der Waals surface area (Å²) in [5.41, 5.74) is 2.88. The minimum absolute atomic E-state index is 0.382. The fourth-order valence-electron chi connectivity index (χ4n) is 7.71. The second-order valence-corrected chi connectivity index (χ2v) is 11.2. The van der Waals surface area contributed by atoms with Crippen molar-refractivity contribution in [1.29, 1.82) is 0 Å². The van der Waals surface area contributed by atoms with Crippen LogP contribution in [-0.4, -0.2) is 38.3 Å². The van der Waals surface area contributed by atoms with Gasteiger partial charge in [0.2, 0.25) is 0 Å². The summed E-state index contributed by atoms with van der Waals surface area (Å²) < 4.78 is 6.26. The summed E-state index contributed by atoms with van der Waals surface area (Å²) in [5.74, 6) is 3.88. The second-order valence-electron chi connectivity index (χ2n) is 11.2. The van der Waals surface area contributed by atoms with E-state index in [4.69, 9.17) is 4.74 Å². The fraction of sp³-hybridized carbons (Fsp3) is 0.920. The summed E-state index contributed by atoms with van der Waals surface area (Å²) in [7, 11) is 4.29. The maximum atomic E-state index is 6.26. The van der Waals surface area contributed by atoms with Crippen LogP contribution in [0.2, 0.25) is 0 Å². The lowest BCUT2D eigenvalue weighted by Gasteiger charge is -2.58. The van der Waals surface area contributed by atoms with E-state index < -0.39 is 0 Å². The van der Waals surface area contributed by atoms with Crippen molar-refractivity contribution >= 4 is 0 Å². The Morgan fingerprint density at radius 1 is 1.04 bits per heavy atom. The normalized spacial score (nSPS) is 46.6. The highest BCUT2D eigenvalue weighted by molar-refractivity contribution is 5.25. The van der Waals surface area contributed by atoms with Gasteiger partial charge in [0.15, 0.2) is 0 Å². The van der Waals surface area contributed by atoms with Crippen LogP contribution in [0.1, 0.15) is 78.6 Å². The maximum Gasteiger partial charge on any atom is 0.0758 e. The van der Waals surface area contributed by atoms with Crippen LogP contribution in [0.25, 0.3) is 0 Å². The number of fused-ring (bicyclic) bond motifs is 5. The Hall–Kier alpha value is -0.340. The van der Waals surface area contributed by atoms with Gasteiger partial charge in [-0.15, -0.1) is 0 Å². The van der Waals surface area contributed by atoms with Gasteiger partial charge in [-0.2, -0.15) is 0 Å². The van der Waals surface area contributed by atoms with E-state index >= 15 is 0 Å². The van der Waals surface area contributed by atoms with Gasteiger partial charge in [-0.25, -0.2) is 0 Å². The average Bonchev–Trinajstić information content (AvgIpc) is 2.94. The highest BCUT2D eigenvalue weighted by Crippen LogP contribution is 2.66. The van der Waals surface area contributed by atoms with Crippen molar-refractivity contribution < 1.29 is 4.74 Å². The zero-order valence-corrected chi connectivity index (χ0v) is 18.6. The van der Waals surface area contributed by atoms with Crippen LogP contribution in [0, 0.1) is 34.5 Å². The molecule has 0 N–H and O–H groups in total. The van der Waals surface area contributed by atoms with Crippen molar-refractivity contribution in [2.24, 2.45) is 34.5 Å². The SMILES string of the molecule is C[C@H]1CCC2C3CCC4=C[C@@H](OCCCN(C)C)CC[C@]4(C)C3CC[C@@]21C. The molecule has 0 aromatic rings. The number of nitrogens with zero attached hydrogens (tertiary/aromatic N) is 1. The molecule has 0 aliphatic heterocycles. The second kappa shape index (κ2) is 7.48. The van der Waals surface area contributed by atoms with E-state index in [0.717, 1.165) is 43.2 Å². The van der Waals surface area contributed by atoms with Crippen molar-refractivity contribution in [3.8, 4) is 0 Å². The summed E-state index contributed by atoms with van der Waals surface area (Å²) >= 11 is 0. The van der Waals surface area contributed by atoms with Crippen molar-refractivity contribution in [1.82, 2.24) is 4.90 Å². The molecule has 0 radical (unpaired) electrons. The Kier molecular flexibility index (Phi) is 5.53. The van der Waals surface area contributed by atoms with Gasteiger partial charge < -0.3 is 9.64 Å². The predicted octanol–water partition coefficient (Wildman–Crippen LogP) is 5.92. The fourth-order valence-corrected chi connectivity index (χ4v) is 7.71. The lowest BCUT2D eigenvalue weighted by atomic mass is 9.47. The van der Waals surface area contributed by atoms with Gasteiger partial charge in [0.25, 0.3) is 0 Å². The van der Waals surface area contributed by atoms with E-state index in [1.807, 2.05) is 0 Å². The van der Waals surface area contributed by atoms with Crippen LogP contribution >= 0.6 is 0 Å². The first-order chi connectivity index (χ1) is 12.8. The van der Waals surface area contributed by atoms with Crippen LogP contribution in [0.3, 0.4) is 0 Å². The number of hydrogen-bond donors (Lipinski definition) is 0. The average molecular weight is 374 g/mol. The van der Waals surface area contributed by atoms with E-state index in [2.05, 4.69) is 45.8 Å². The van der Waals surface area contributed by atoms with Gasteiger partial charge in [-0.3, -0.25) is 0 Å². The molecule has 0 aromatic carbocycles. The molecule has 0 heterocycles. The molecule has 0 spiro atoms. The molecule has 4 aliphatic carbocycles. The smallest absolute Gasteiger partial charge is 0.0758 e. The third kappa shape index (κ3) is 3.44. The molecule has 0 aromatic heterocycles. The molecule has 2 heteroatoms. The molecule has 0 bridgehead atoms. The van der Waals surface area contributed by atoms with Crippen LogP contribution in [0.15, 0.2) is 11.6 Å². The van der Waals surface area contributed by atoms with Crippen LogP contribution in [0.5, 0.6) is 0 Å². The molecule has 3 unspecified atom stereocenters. The van der Waals surface area contributed by atoms with Crippen LogP contribution in [-0.2, 0) is 4.74 Å². The summed E-state index contributed by atoms with van der Waals surface area (Å²) in [4.78, 5) is 2.25. The van der Waals surface area contributed by atoms with Gasteiger partial charge in [-0.1, -0.05) is 32.4 Å². The Morgan fingerprint density at radius 3 is 2.63 bits per heavy atom. The number of allylic oxidation sites excluding steroid dienone is 1. The van der Waals surface area contributed by atoms with Crippen LogP contribution < -0.4 is 0 Å². The standard InChI is InChI=1S/C25H43NO/c1-18-7-10-22-21-9-8-19-17-20(27-16-6-15-26(4)5)11-13-25(19,3)23(21)12-14-24(18,22)2/h17-18,20-23H,6-16H2,1-5H3/t18-,20-,21?,22?,23?,24+,25-/m0/s1. The zero-order chi connectivity index (χ0) is 19.2. The molecular weight excluding hydrogens is 330 g/mol. The topological polar surface area (TPSA) is 12.5 Å². The van der Waals surface area contributed by atoms with Gasteiger partial charge in [0, 0.05) is 6.61 Å². The summed E-state index contributed by atoms with van der Waals surface area (Å²) in [6, 6.07) is 0. The van der Waals surface area contributed by atoms with E-state index in [-0.39, 0.29) is 0 Å². The summed E-state index contributed by atoms with van der Waals surface area (Å²) in [6.07, 6.45) is 15.4. The zero-order valence-electron chi connectivity index (χ0n) is 18.6. The minimum atomic E-state index is 0.382. The Bertz CT molecular complexity index is 569. The molecule has 2 nitrogen and oxygen atoms in total. The molecule has 4 aliphatic rings. The third-order valence-corrected chi connectivity index (χ3v) is 9.63. The van der Waals surface area contributed by atoms with Gasteiger partial charge >= 0.3 is 0 Å².